The van der Waals surface area contributed by atoms with E-state index in [1.807, 2.05) is 36.1 Å². The summed E-state index contributed by atoms with van der Waals surface area (Å²) in [5.74, 6) is 0.544. The molecule has 31 heavy (non-hydrogen) atoms. The summed E-state index contributed by atoms with van der Waals surface area (Å²) < 4.78 is 18.7. The molecule has 1 aromatic rings. The molecule has 0 saturated heterocycles. The number of nitrogens with zero attached hydrogens (tertiary/aromatic N) is 2. The van der Waals surface area contributed by atoms with Crippen molar-refractivity contribution in [2.75, 3.05) is 7.11 Å². The number of allylic oxidation sites excluding steroid dienone is 8. The van der Waals surface area contributed by atoms with E-state index in [1.54, 1.807) is 26.3 Å². The maximum Gasteiger partial charge on any atom is 0.224 e. The van der Waals surface area contributed by atoms with Gasteiger partial charge >= 0.3 is 0 Å². The largest absolute Gasteiger partial charge is 0.501 e. The average Bonchev–Trinajstić information content (AvgIpc) is 2.80. The van der Waals surface area contributed by atoms with E-state index >= 15 is 0 Å². The first-order valence-electron chi connectivity index (χ1n) is 10.7. The Morgan fingerprint density at radius 2 is 2.06 bits per heavy atom. The maximum absolute atomic E-state index is 13.4. The van der Waals surface area contributed by atoms with Gasteiger partial charge in [0.2, 0.25) is 5.91 Å². The second-order valence-electron chi connectivity index (χ2n) is 7.78. The smallest absolute Gasteiger partial charge is 0.224 e. The molecule has 2 atom stereocenters. The van der Waals surface area contributed by atoms with Crippen LogP contribution in [0.4, 0.5) is 4.39 Å². The average molecular weight is 425 g/mol. The van der Waals surface area contributed by atoms with E-state index in [0.29, 0.717) is 13.0 Å². The van der Waals surface area contributed by atoms with Gasteiger partial charge in [0.15, 0.2) is 0 Å². The molecule has 1 amide bonds. The number of methoxy groups -OCH3 is 1. The minimum atomic E-state index is -0.321. The number of hydrogen-bond acceptors (Lipinski definition) is 3. The first-order chi connectivity index (χ1) is 14.8. The van der Waals surface area contributed by atoms with Crippen LogP contribution in [0, 0.1) is 5.92 Å². The summed E-state index contributed by atoms with van der Waals surface area (Å²) >= 11 is 0. The molecule has 1 aliphatic rings. The molecule has 166 valence electrons. The number of ether oxygens (including phenoxy) is 1. The molecule has 1 unspecified atom stereocenters. The second kappa shape index (κ2) is 12.0. The third kappa shape index (κ3) is 7.35. The standard InChI is InChI=1S/C26H33FN2O2/c1-6-23(27)13-10-19(2)20(3)17-26(30)29(18-24-9-7-8-16-28-24)21(4)22-11-14-25(31-5)15-12-22/h6-11,13-14,16,20-21H,2,12,15,17-18H2,1,3-5H3/b13-10-,23-6+/t20?,21-/m1/s1. The fraction of sp³-hybridized carbons (Fsp3) is 0.385. The highest BCUT2D eigenvalue weighted by Crippen LogP contribution is 2.26. The summed E-state index contributed by atoms with van der Waals surface area (Å²) in [6, 6.07) is 5.65. The van der Waals surface area contributed by atoms with Gasteiger partial charge in [-0.3, -0.25) is 9.78 Å². The van der Waals surface area contributed by atoms with Gasteiger partial charge in [0.05, 0.1) is 31.1 Å². The van der Waals surface area contributed by atoms with Gasteiger partial charge in [-0.2, -0.15) is 0 Å². The zero-order valence-electron chi connectivity index (χ0n) is 19.0. The van der Waals surface area contributed by atoms with Gasteiger partial charge in [0, 0.05) is 19.0 Å². The molecule has 0 N–H and O–H groups in total. The van der Waals surface area contributed by atoms with Crippen molar-refractivity contribution in [1.29, 1.82) is 0 Å². The van der Waals surface area contributed by atoms with Gasteiger partial charge in [0.1, 0.15) is 5.83 Å². The second-order valence-corrected chi connectivity index (χ2v) is 7.78. The van der Waals surface area contributed by atoms with Crippen molar-refractivity contribution in [3.8, 4) is 0 Å². The van der Waals surface area contributed by atoms with Gasteiger partial charge in [-0.15, -0.1) is 0 Å². The SMILES string of the molecule is C=C(/C=C\C(F)=C/C)C(C)CC(=O)N(Cc1ccccn1)[C@H](C)C1=CC=C(OC)CC1. The maximum atomic E-state index is 13.4. The normalized spacial score (nSPS) is 16.4. The van der Waals surface area contributed by atoms with Crippen molar-refractivity contribution in [1.82, 2.24) is 9.88 Å². The van der Waals surface area contributed by atoms with Crippen molar-refractivity contribution < 1.29 is 13.9 Å². The molecule has 0 aliphatic heterocycles. The van der Waals surface area contributed by atoms with Crippen LogP contribution in [0.1, 0.15) is 45.7 Å². The van der Waals surface area contributed by atoms with Gasteiger partial charge in [-0.25, -0.2) is 4.39 Å². The number of aromatic nitrogens is 1. The molecule has 1 aromatic heterocycles. The van der Waals surface area contributed by atoms with Crippen molar-refractivity contribution in [2.45, 2.75) is 52.6 Å². The molecule has 0 aromatic carbocycles. The highest BCUT2D eigenvalue weighted by Gasteiger charge is 2.26. The third-order valence-electron chi connectivity index (χ3n) is 5.63. The van der Waals surface area contributed by atoms with Gasteiger partial charge in [0.25, 0.3) is 0 Å². The number of carbonyl (C=O) groups is 1. The molecule has 0 radical (unpaired) electrons. The van der Waals surface area contributed by atoms with Crippen molar-refractivity contribution in [3.63, 3.8) is 0 Å². The zero-order chi connectivity index (χ0) is 22.8. The fourth-order valence-corrected chi connectivity index (χ4v) is 3.42. The van der Waals surface area contributed by atoms with Gasteiger partial charge in [-0.05, 0) is 56.0 Å². The molecular weight excluding hydrogens is 391 g/mol. The van der Waals surface area contributed by atoms with E-state index in [2.05, 4.69) is 24.6 Å². The van der Waals surface area contributed by atoms with Crippen LogP contribution in [-0.4, -0.2) is 28.9 Å². The first kappa shape index (κ1) is 24.3. The lowest BCUT2D eigenvalue weighted by Crippen LogP contribution is -2.40. The molecule has 1 heterocycles. The van der Waals surface area contributed by atoms with Crippen LogP contribution in [0.25, 0.3) is 0 Å². The van der Waals surface area contributed by atoms with Crippen LogP contribution >= 0.6 is 0 Å². The Bertz CT molecular complexity index is 884. The monoisotopic (exact) mass is 424 g/mol. The lowest BCUT2D eigenvalue weighted by atomic mass is 9.94. The van der Waals surface area contributed by atoms with Crippen LogP contribution in [0.2, 0.25) is 0 Å². The van der Waals surface area contributed by atoms with E-state index in [0.717, 1.165) is 29.9 Å². The fourth-order valence-electron chi connectivity index (χ4n) is 3.42. The summed E-state index contributed by atoms with van der Waals surface area (Å²) in [4.78, 5) is 19.6. The predicted molar refractivity (Wildman–Crippen MR) is 124 cm³/mol. The summed E-state index contributed by atoms with van der Waals surface area (Å²) in [7, 11) is 1.68. The molecule has 2 rings (SSSR count). The Labute approximate surface area is 185 Å². The van der Waals surface area contributed by atoms with Crippen LogP contribution in [0.15, 0.2) is 84.1 Å². The van der Waals surface area contributed by atoms with Crippen LogP contribution in [0.5, 0.6) is 0 Å². The Morgan fingerprint density at radius 1 is 1.29 bits per heavy atom. The molecule has 0 bridgehead atoms. The topological polar surface area (TPSA) is 42.4 Å². The third-order valence-corrected chi connectivity index (χ3v) is 5.63. The molecule has 0 spiro atoms. The molecule has 1 aliphatic carbocycles. The van der Waals surface area contributed by atoms with Gasteiger partial charge < -0.3 is 9.64 Å². The number of rotatable bonds is 10. The quantitative estimate of drug-likeness (QED) is 0.429. The Morgan fingerprint density at radius 3 is 2.65 bits per heavy atom. The summed E-state index contributed by atoms with van der Waals surface area (Å²) in [5.41, 5.74) is 2.75. The van der Waals surface area contributed by atoms with E-state index in [-0.39, 0.29) is 23.7 Å². The molecule has 4 nitrogen and oxygen atoms in total. The Kier molecular flexibility index (Phi) is 9.44. The summed E-state index contributed by atoms with van der Waals surface area (Å²) in [6.45, 7) is 10.1. The Balaban J connectivity index is 2.18. The minimum Gasteiger partial charge on any atom is -0.501 e. The van der Waals surface area contributed by atoms with Crippen molar-refractivity contribution in [3.05, 3.63) is 89.8 Å². The van der Waals surface area contributed by atoms with Crippen molar-refractivity contribution >= 4 is 5.91 Å². The van der Waals surface area contributed by atoms with E-state index in [4.69, 9.17) is 4.74 Å². The number of hydrogen-bond donors (Lipinski definition) is 0. The van der Waals surface area contributed by atoms with E-state index in [9.17, 15) is 9.18 Å². The Hall–Kier alpha value is -2.95. The minimum absolute atomic E-state index is 0.0223. The van der Waals surface area contributed by atoms with E-state index < -0.39 is 0 Å². The molecule has 0 fully saturated rings. The van der Waals surface area contributed by atoms with Crippen LogP contribution < -0.4 is 0 Å². The summed E-state index contributed by atoms with van der Waals surface area (Å²) in [6.07, 6.45) is 12.1. The van der Waals surface area contributed by atoms with E-state index in [1.165, 1.54) is 17.7 Å². The number of amides is 1. The first-order valence-corrected chi connectivity index (χ1v) is 10.7. The van der Waals surface area contributed by atoms with Crippen LogP contribution in [0.3, 0.4) is 0 Å². The number of pyridine rings is 1. The number of carbonyl (C=O) groups excluding carboxylic acids is 1. The zero-order valence-corrected chi connectivity index (χ0v) is 19.0. The highest BCUT2D eigenvalue weighted by molar-refractivity contribution is 5.77. The molecular formula is C26H33FN2O2. The molecule has 0 saturated carbocycles. The van der Waals surface area contributed by atoms with Crippen molar-refractivity contribution in [2.24, 2.45) is 5.92 Å². The number of halogens is 1. The summed E-state index contributed by atoms with van der Waals surface area (Å²) in [5, 5.41) is 0. The lowest BCUT2D eigenvalue weighted by molar-refractivity contribution is -0.134. The highest BCUT2D eigenvalue weighted by atomic mass is 19.1. The molecule has 5 heteroatoms. The predicted octanol–water partition coefficient (Wildman–Crippen LogP) is 6.06. The lowest BCUT2D eigenvalue weighted by Gasteiger charge is -2.33. The van der Waals surface area contributed by atoms with Gasteiger partial charge in [-0.1, -0.05) is 43.4 Å². The van der Waals surface area contributed by atoms with Crippen LogP contribution in [-0.2, 0) is 16.1 Å².